The number of hydrogen-bond donors (Lipinski definition) is 1. The van der Waals surface area contributed by atoms with Gasteiger partial charge in [-0.2, -0.15) is 0 Å². The van der Waals surface area contributed by atoms with Gasteiger partial charge < -0.3 is 5.32 Å². The predicted molar refractivity (Wildman–Crippen MR) is 97.5 cm³/mol. The summed E-state index contributed by atoms with van der Waals surface area (Å²) in [6.07, 6.45) is 2.18. The molecular formula is C16H26N2O3S2. The Labute approximate surface area is 143 Å². The first-order valence-corrected chi connectivity index (χ1v) is 10.1. The van der Waals surface area contributed by atoms with E-state index in [-0.39, 0.29) is 16.1 Å². The van der Waals surface area contributed by atoms with Gasteiger partial charge in [0, 0.05) is 19.8 Å². The molecule has 0 radical (unpaired) electrons. The first-order valence-electron chi connectivity index (χ1n) is 7.65. The van der Waals surface area contributed by atoms with Crippen LogP contribution in [0.1, 0.15) is 32.3 Å². The van der Waals surface area contributed by atoms with Gasteiger partial charge in [0.05, 0.1) is 10.1 Å². The Bertz CT molecular complexity index is 643. The minimum absolute atomic E-state index is 0.108. The average molecular weight is 359 g/mol. The molecular weight excluding hydrogens is 332 g/mol. The lowest BCUT2D eigenvalue weighted by molar-refractivity contribution is -0.115. The molecule has 0 bridgehead atoms. The normalized spacial score (nSPS) is 13.1. The molecule has 0 saturated carbocycles. The fraction of sp³-hybridized carbons (Fsp3) is 0.562. The summed E-state index contributed by atoms with van der Waals surface area (Å²) >= 11 is 1.61. The van der Waals surface area contributed by atoms with Crippen LogP contribution in [0.3, 0.4) is 0 Å². The molecule has 0 aromatic heterocycles. The Kier molecular flexibility index (Phi) is 7.57. The smallest absolute Gasteiger partial charge is 0.242 e. The Morgan fingerprint density at radius 1 is 1.35 bits per heavy atom. The molecule has 1 atom stereocenters. The van der Waals surface area contributed by atoms with E-state index in [9.17, 15) is 13.2 Å². The molecule has 1 N–H and O–H groups in total. The summed E-state index contributed by atoms with van der Waals surface area (Å²) < 4.78 is 25.8. The molecule has 0 aliphatic carbocycles. The van der Waals surface area contributed by atoms with Crippen molar-refractivity contribution < 1.29 is 13.2 Å². The molecule has 7 heteroatoms. The van der Waals surface area contributed by atoms with Crippen molar-refractivity contribution >= 4 is 33.4 Å². The highest BCUT2D eigenvalue weighted by Gasteiger charge is 2.21. The zero-order chi connectivity index (χ0) is 17.6. The fourth-order valence-corrected chi connectivity index (χ4v) is 4.04. The van der Waals surface area contributed by atoms with Crippen LogP contribution in [0.25, 0.3) is 0 Å². The van der Waals surface area contributed by atoms with Crippen LogP contribution < -0.4 is 5.32 Å². The van der Waals surface area contributed by atoms with Crippen molar-refractivity contribution in [3.05, 3.63) is 23.8 Å². The van der Waals surface area contributed by atoms with Crippen molar-refractivity contribution in [1.82, 2.24) is 4.31 Å². The molecule has 1 amide bonds. The molecule has 0 fully saturated rings. The monoisotopic (exact) mass is 358 g/mol. The van der Waals surface area contributed by atoms with Crippen LogP contribution in [-0.4, -0.2) is 43.7 Å². The Morgan fingerprint density at radius 3 is 2.57 bits per heavy atom. The van der Waals surface area contributed by atoms with Crippen molar-refractivity contribution in [3.63, 3.8) is 0 Å². The van der Waals surface area contributed by atoms with Gasteiger partial charge in [-0.05, 0) is 43.7 Å². The molecule has 1 aromatic rings. The van der Waals surface area contributed by atoms with Crippen LogP contribution >= 0.6 is 11.8 Å². The second-order valence-corrected chi connectivity index (χ2v) is 9.19. The van der Waals surface area contributed by atoms with Crippen molar-refractivity contribution in [2.45, 2.75) is 43.8 Å². The van der Waals surface area contributed by atoms with Crippen molar-refractivity contribution in [2.24, 2.45) is 0 Å². The van der Waals surface area contributed by atoms with Crippen molar-refractivity contribution in [3.8, 4) is 0 Å². The molecule has 0 aliphatic heterocycles. The van der Waals surface area contributed by atoms with Crippen LogP contribution in [-0.2, 0) is 14.8 Å². The Balaban J connectivity index is 2.89. The third kappa shape index (κ3) is 5.51. The van der Waals surface area contributed by atoms with E-state index >= 15 is 0 Å². The number of carbonyl (C=O) groups is 1. The third-order valence-corrected chi connectivity index (χ3v) is 6.64. The number of hydrogen-bond acceptors (Lipinski definition) is 4. The molecule has 1 aromatic carbocycles. The number of benzene rings is 1. The summed E-state index contributed by atoms with van der Waals surface area (Å²) in [4.78, 5) is 12.4. The van der Waals surface area contributed by atoms with Crippen LogP contribution in [0.15, 0.2) is 23.1 Å². The number of sulfonamides is 1. The van der Waals surface area contributed by atoms with Gasteiger partial charge in [0.1, 0.15) is 0 Å². The highest BCUT2D eigenvalue weighted by molar-refractivity contribution is 8.00. The number of amides is 1. The van der Waals surface area contributed by atoms with E-state index in [0.29, 0.717) is 11.3 Å². The largest absolute Gasteiger partial charge is 0.325 e. The third-order valence-electron chi connectivity index (χ3n) is 3.45. The van der Waals surface area contributed by atoms with Gasteiger partial charge in [0.15, 0.2) is 0 Å². The number of aryl methyl sites for hydroxylation is 1. The second kappa shape index (κ2) is 8.70. The molecule has 1 rings (SSSR count). The Hall–Kier alpha value is -1.05. The van der Waals surface area contributed by atoms with E-state index in [1.807, 2.05) is 6.92 Å². The lowest BCUT2D eigenvalue weighted by atomic mass is 10.2. The van der Waals surface area contributed by atoms with Crippen LogP contribution in [0, 0.1) is 6.92 Å². The summed E-state index contributed by atoms with van der Waals surface area (Å²) in [5, 5.41) is 2.63. The summed E-state index contributed by atoms with van der Waals surface area (Å²) in [5.74, 6) is 0.836. The maximum absolute atomic E-state index is 12.3. The van der Waals surface area contributed by atoms with Gasteiger partial charge >= 0.3 is 0 Å². The first kappa shape index (κ1) is 20.0. The molecule has 1 unspecified atom stereocenters. The second-order valence-electron chi connectivity index (χ2n) is 5.62. The van der Waals surface area contributed by atoms with E-state index in [1.165, 1.54) is 24.5 Å². The zero-order valence-corrected chi connectivity index (χ0v) is 16.1. The Morgan fingerprint density at radius 2 is 2.00 bits per heavy atom. The van der Waals surface area contributed by atoms with Gasteiger partial charge in [0.2, 0.25) is 15.9 Å². The fourth-order valence-electron chi connectivity index (χ4n) is 1.88. The minimum Gasteiger partial charge on any atom is -0.325 e. The lowest BCUT2D eigenvalue weighted by Crippen LogP contribution is -2.25. The summed E-state index contributed by atoms with van der Waals surface area (Å²) in [6, 6.07) is 4.96. The van der Waals surface area contributed by atoms with E-state index in [2.05, 4.69) is 12.2 Å². The van der Waals surface area contributed by atoms with E-state index in [4.69, 9.17) is 0 Å². The highest BCUT2D eigenvalue weighted by Crippen LogP contribution is 2.23. The van der Waals surface area contributed by atoms with Crippen molar-refractivity contribution in [1.29, 1.82) is 0 Å². The topological polar surface area (TPSA) is 66.5 Å². The predicted octanol–water partition coefficient (Wildman–Crippen LogP) is 3.11. The van der Waals surface area contributed by atoms with Gasteiger partial charge in [-0.15, -0.1) is 11.8 Å². The van der Waals surface area contributed by atoms with E-state index < -0.39 is 10.0 Å². The van der Waals surface area contributed by atoms with Crippen LogP contribution in [0.4, 0.5) is 5.69 Å². The highest BCUT2D eigenvalue weighted by atomic mass is 32.2. The van der Waals surface area contributed by atoms with E-state index in [1.54, 1.807) is 30.8 Å². The van der Waals surface area contributed by atoms with Crippen LogP contribution in [0.5, 0.6) is 0 Å². The molecule has 0 aliphatic rings. The zero-order valence-electron chi connectivity index (χ0n) is 14.4. The number of nitrogens with zero attached hydrogens (tertiary/aromatic N) is 1. The van der Waals surface area contributed by atoms with E-state index in [0.717, 1.165) is 18.6 Å². The molecule has 130 valence electrons. The molecule has 5 nitrogen and oxygen atoms in total. The summed E-state index contributed by atoms with van der Waals surface area (Å²) in [6.45, 7) is 5.72. The maximum atomic E-state index is 12.3. The number of carbonyl (C=O) groups excluding carboxylic acids is 1. The molecule has 0 spiro atoms. The summed E-state index contributed by atoms with van der Waals surface area (Å²) in [7, 11) is -0.542. The van der Waals surface area contributed by atoms with Gasteiger partial charge in [0.25, 0.3) is 0 Å². The molecule has 0 saturated heterocycles. The number of nitrogens with one attached hydrogen (secondary N) is 1. The summed E-state index contributed by atoms with van der Waals surface area (Å²) in [5.41, 5.74) is 1.16. The quantitative estimate of drug-likeness (QED) is 0.725. The SMILES string of the molecule is CCCCSC(C)C(=O)Nc1ccc(C)c(S(=O)(=O)N(C)C)c1. The molecule has 23 heavy (non-hydrogen) atoms. The number of anilines is 1. The average Bonchev–Trinajstić information content (AvgIpc) is 2.48. The molecule has 0 heterocycles. The first-order chi connectivity index (χ1) is 10.7. The standard InChI is InChI=1S/C16H26N2O3S2/c1-6-7-10-22-13(3)16(19)17-14-9-8-12(2)15(11-14)23(20,21)18(4)5/h8-9,11,13H,6-7,10H2,1-5H3,(H,17,19). The lowest BCUT2D eigenvalue weighted by Gasteiger charge is -2.16. The number of thioether (sulfide) groups is 1. The maximum Gasteiger partial charge on any atom is 0.242 e. The minimum atomic E-state index is -3.53. The van der Waals surface area contributed by atoms with Gasteiger partial charge in [-0.3, -0.25) is 4.79 Å². The van der Waals surface area contributed by atoms with Crippen LogP contribution in [0.2, 0.25) is 0 Å². The van der Waals surface area contributed by atoms with Gasteiger partial charge in [-0.1, -0.05) is 19.4 Å². The number of rotatable bonds is 8. The van der Waals surface area contributed by atoms with Gasteiger partial charge in [-0.25, -0.2) is 12.7 Å². The number of unbranched alkanes of at least 4 members (excludes halogenated alkanes) is 1. The van der Waals surface area contributed by atoms with Crippen molar-refractivity contribution in [2.75, 3.05) is 25.2 Å².